The molecule has 1 fully saturated rings. The number of nitrogens with one attached hydrogen (secondary N) is 2. The zero-order valence-electron chi connectivity index (χ0n) is 9.74. The number of carbonyl (C=O) groups is 3. The molecule has 1 saturated heterocycles. The summed E-state index contributed by atoms with van der Waals surface area (Å²) in [6.07, 6.45) is 0. The van der Waals surface area contributed by atoms with Crippen molar-refractivity contribution in [1.82, 2.24) is 15.5 Å². The summed E-state index contributed by atoms with van der Waals surface area (Å²) in [5.41, 5.74) is 0. The predicted molar refractivity (Wildman–Crippen MR) is 57.6 cm³/mol. The van der Waals surface area contributed by atoms with Crippen LogP contribution in [-0.2, 0) is 9.59 Å². The van der Waals surface area contributed by atoms with E-state index < -0.39 is 12.1 Å². The molecule has 6 heteroatoms. The fraction of sp³-hybridized carbons (Fsp3) is 0.700. The second-order valence-electron chi connectivity index (χ2n) is 4.24. The summed E-state index contributed by atoms with van der Waals surface area (Å²) < 4.78 is 0. The quantitative estimate of drug-likeness (QED) is 0.647. The Labute approximate surface area is 94.4 Å². The number of urea groups is 1. The average Bonchev–Trinajstić information content (AvgIpc) is 2.54. The molecule has 4 amide bonds. The Bertz CT molecular complexity index is 298. The molecule has 0 radical (unpaired) electrons. The molecule has 1 atom stereocenters. The Morgan fingerprint density at radius 2 is 2.06 bits per heavy atom. The third kappa shape index (κ3) is 2.71. The minimum Gasteiger partial charge on any atom is -0.354 e. The van der Waals surface area contributed by atoms with Crippen LogP contribution >= 0.6 is 0 Å². The van der Waals surface area contributed by atoms with Gasteiger partial charge < -0.3 is 10.6 Å². The van der Waals surface area contributed by atoms with Crippen LogP contribution in [0.15, 0.2) is 0 Å². The number of imide groups is 1. The Morgan fingerprint density at radius 1 is 1.44 bits per heavy atom. The van der Waals surface area contributed by atoms with E-state index in [4.69, 9.17) is 0 Å². The highest BCUT2D eigenvalue weighted by atomic mass is 16.2. The SMILES string of the molecule is CC(C)CNC(=O)C(C)N1C(=O)CNC1=O. The molecule has 1 heterocycles. The van der Waals surface area contributed by atoms with Crippen molar-refractivity contribution in [1.29, 1.82) is 0 Å². The van der Waals surface area contributed by atoms with Crippen LogP contribution in [0.2, 0.25) is 0 Å². The van der Waals surface area contributed by atoms with Crippen molar-refractivity contribution in [2.24, 2.45) is 5.92 Å². The van der Waals surface area contributed by atoms with Crippen LogP contribution in [0.4, 0.5) is 4.79 Å². The highest BCUT2D eigenvalue weighted by Gasteiger charge is 2.35. The topological polar surface area (TPSA) is 78.5 Å². The molecule has 0 aromatic carbocycles. The third-order valence-electron chi connectivity index (χ3n) is 2.33. The van der Waals surface area contributed by atoms with E-state index in [0.717, 1.165) is 4.90 Å². The fourth-order valence-corrected chi connectivity index (χ4v) is 1.40. The monoisotopic (exact) mass is 227 g/mol. The lowest BCUT2D eigenvalue weighted by atomic mass is 10.2. The average molecular weight is 227 g/mol. The summed E-state index contributed by atoms with van der Waals surface area (Å²) in [4.78, 5) is 35.2. The van der Waals surface area contributed by atoms with Crippen molar-refractivity contribution in [3.05, 3.63) is 0 Å². The first-order chi connectivity index (χ1) is 7.43. The zero-order valence-corrected chi connectivity index (χ0v) is 9.74. The number of nitrogens with zero attached hydrogens (tertiary/aromatic N) is 1. The Hall–Kier alpha value is -1.59. The van der Waals surface area contributed by atoms with Gasteiger partial charge in [0.05, 0.1) is 6.54 Å². The molecular weight excluding hydrogens is 210 g/mol. The van der Waals surface area contributed by atoms with Crippen LogP contribution in [0.25, 0.3) is 0 Å². The summed E-state index contributed by atoms with van der Waals surface area (Å²) in [5.74, 6) is -0.337. The lowest BCUT2D eigenvalue weighted by Crippen LogP contribution is -2.48. The van der Waals surface area contributed by atoms with E-state index in [-0.39, 0.29) is 18.4 Å². The van der Waals surface area contributed by atoms with E-state index in [0.29, 0.717) is 12.5 Å². The minimum atomic E-state index is -0.756. The molecule has 0 aromatic heterocycles. The maximum Gasteiger partial charge on any atom is 0.325 e. The molecule has 2 N–H and O–H groups in total. The van der Waals surface area contributed by atoms with Crippen molar-refractivity contribution < 1.29 is 14.4 Å². The van der Waals surface area contributed by atoms with E-state index >= 15 is 0 Å². The van der Waals surface area contributed by atoms with Gasteiger partial charge in [0.25, 0.3) is 5.91 Å². The third-order valence-corrected chi connectivity index (χ3v) is 2.33. The van der Waals surface area contributed by atoms with Crippen LogP contribution in [0.1, 0.15) is 20.8 Å². The Morgan fingerprint density at radius 3 is 2.50 bits per heavy atom. The van der Waals surface area contributed by atoms with Gasteiger partial charge in [-0.15, -0.1) is 0 Å². The highest BCUT2D eigenvalue weighted by Crippen LogP contribution is 2.05. The Kier molecular flexibility index (Phi) is 3.87. The van der Waals surface area contributed by atoms with Gasteiger partial charge in [-0.1, -0.05) is 13.8 Å². The molecule has 1 aliphatic heterocycles. The van der Waals surface area contributed by atoms with Gasteiger partial charge in [-0.25, -0.2) is 4.79 Å². The number of hydrogen-bond donors (Lipinski definition) is 2. The summed E-state index contributed by atoms with van der Waals surface area (Å²) in [5, 5.41) is 5.06. The van der Waals surface area contributed by atoms with Crippen molar-refractivity contribution >= 4 is 17.8 Å². The molecule has 6 nitrogen and oxygen atoms in total. The van der Waals surface area contributed by atoms with Gasteiger partial charge in [-0.2, -0.15) is 0 Å². The first kappa shape index (κ1) is 12.5. The second kappa shape index (κ2) is 4.96. The molecule has 1 unspecified atom stereocenters. The summed E-state index contributed by atoms with van der Waals surface area (Å²) in [6, 6.07) is -1.26. The van der Waals surface area contributed by atoms with Crippen LogP contribution in [0.3, 0.4) is 0 Å². The van der Waals surface area contributed by atoms with Gasteiger partial charge in [-0.3, -0.25) is 14.5 Å². The van der Waals surface area contributed by atoms with Crippen molar-refractivity contribution in [2.75, 3.05) is 13.1 Å². The second-order valence-corrected chi connectivity index (χ2v) is 4.24. The number of rotatable bonds is 4. The van der Waals surface area contributed by atoms with Gasteiger partial charge in [0.2, 0.25) is 5.91 Å². The largest absolute Gasteiger partial charge is 0.354 e. The lowest BCUT2D eigenvalue weighted by molar-refractivity contribution is -0.134. The van der Waals surface area contributed by atoms with Crippen molar-refractivity contribution in [2.45, 2.75) is 26.8 Å². The minimum absolute atomic E-state index is 0.0271. The smallest absolute Gasteiger partial charge is 0.325 e. The van der Waals surface area contributed by atoms with E-state index in [1.807, 2.05) is 13.8 Å². The maximum atomic E-state index is 11.6. The summed E-state index contributed by atoms with van der Waals surface area (Å²) in [7, 11) is 0. The number of hydrogen-bond acceptors (Lipinski definition) is 3. The fourth-order valence-electron chi connectivity index (χ4n) is 1.40. The van der Waals surface area contributed by atoms with Gasteiger partial charge in [0, 0.05) is 6.54 Å². The molecule has 90 valence electrons. The summed E-state index contributed by atoms with van der Waals surface area (Å²) in [6.45, 7) is 5.99. The van der Waals surface area contributed by atoms with Gasteiger partial charge >= 0.3 is 6.03 Å². The van der Waals surface area contributed by atoms with E-state index in [1.54, 1.807) is 6.92 Å². The van der Waals surface area contributed by atoms with Gasteiger partial charge in [0.15, 0.2) is 0 Å². The molecule has 0 aromatic rings. The number of amides is 4. The molecule has 1 aliphatic rings. The van der Waals surface area contributed by atoms with Gasteiger partial charge in [-0.05, 0) is 12.8 Å². The molecule has 0 spiro atoms. The van der Waals surface area contributed by atoms with Crippen molar-refractivity contribution in [3.63, 3.8) is 0 Å². The first-order valence-corrected chi connectivity index (χ1v) is 5.31. The molecule has 1 rings (SSSR count). The Balaban J connectivity index is 2.56. The maximum absolute atomic E-state index is 11.6. The van der Waals surface area contributed by atoms with Crippen LogP contribution in [-0.4, -0.2) is 41.9 Å². The van der Waals surface area contributed by atoms with Gasteiger partial charge in [0.1, 0.15) is 6.04 Å². The molecular formula is C10H17N3O3. The zero-order chi connectivity index (χ0) is 12.3. The predicted octanol–water partition coefficient (Wildman–Crippen LogP) is -0.301. The molecule has 0 aliphatic carbocycles. The molecule has 0 bridgehead atoms. The standard InChI is InChI=1S/C10H17N3O3/c1-6(2)4-11-9(15)7(3)13-8(14)5-12-10(13)16/h6-7H,4-5H2,1-3H3,(H,11,15)(H,12,16). The number of carbonyl (C=O) groups excluding carboxylic acids is 3. The van der Waals surface area contributed by atoms with Crippen LogP contribution < -0.4 is 10.6 Å². The highest BCUT2D eigenvalue weighted by molar-refractivity contribution is 6.05. The molecule has 16 heavy (non-hydrogen) atoms. The normalized spacial score (nSPS) is 17.6. The van der Waals surface area contributed by atoms with E-state index in [2.05, 4.69) is 10.6 Å². The van der Waals surface area contributed by atoms with E-state index in [9.17, 15) is 14.4 Å². The van der Waals surface area contributed by atoms with E-state index in [1.165, 1.54) is 0 Å². The van der Waals surface area contributed by atoms with Crippen molar-refractivity contribution in [3.8, 4) is 0 Å². The lowest BCUT2D eigenvalue weighted by Gasteiger charge is -2.20. The first-order valence-electron chi connectivity index (χ1n) is 5.31. The van der Waals surface area contributed by atoms with Crippen LogP contribution in [0, 0.1) is 5.92 Å². The van der Waals surface area contributed by atoms with Crippen LogP contribution in [0.5, 0.6) is 0 Å². The summed E-state index contributed by atoms with van der Waals surface area (Å²) >= 11 is 0. The molecule has 0 saturated carbocycles.